The first kappa shape index (κ1) is 25.6. The molecule has 0 saturated heterocycles. The molecule has 2 amide bonds. The van der Waals surface area contributed by atoms with E-state index in [1.807, 2.05) is 55.5 Å². The maximum atomic E-state index is 13.5. The van der Waals surface area contributed by atoms with Gasteiger partial charge in [-0.25, -0.2) is 0 Å². The summed E-state index contributed by atoms with van der Waals surface area (Å²) in [5.41, 5.74) is 2.01. The van der Waals surface area contributed by atoms with Crippen LogP contribution in [0, 0.1) is 0 Å². The highest BCUT2D eigenvalue weighted by Crippen LogP contribution is 2.28. The van der Waals surface area contributed by atoms with E-state index in [1.165, 1.54) is 6.42 Å². The minimum Gasteiger partial charge on any atom is -0.493 e. The summed E-state index contributed by atoms with van der Waals surface area (Å²) in [6.45, 7) is 2.40. The number of nitrogens with one attached hydrogen (secondary N) is 1. The highest BCUT2D eigenvalue weighted by atomic mass is 16.5. The third-order valence-corrected chi connectivity index (χ3v) is 6.61. The van der Waals surface area contributed by atoms with Gasteiger partial charge in [-0.05, 0) is 48.9 Å². The number of nitrogens with zero attached hydrogens (tertiary/aromatic N) is 1. The van der Waals surface area contributed by atoms with Gasteiger partial charge in [0.15, 0.2) is 11.5 Å². The van der Waals surface area contributed by atoms with Crippen LogP contribution < -0.4 is 14.8 Å². The first-order valence-corrected chi connectivity index (χ1v) is 12.4. The van der Waals surface area contributed by atoms with Gasteiger partial charge in [0.05, 0.1) is 14.2 Å². The van der Waals surface area contributed by atoms with Crippen molar-refractivity contribution in [2.75, 3.05) is 14.2 Å². The van der Waals surface area contributed by atoms with Gasteiger partial charge in [-0.2, -0.15) is 0 Å². The van der Waals surface area contributed by atoms with Crippen molar-refractivity contribution in [3.05, 3.63) is 59.7 Å². The van der Waals surface area contributed by atoms with Gasteiger partial charge in [0.2, 0.25) is 11.8 Å². The maximum absolute atomic E-state index is 13.5. The summed E-state index contributed by atoms with van der Waals surface area (Å²) in [6, 6.07) is 15.3. The van der Waals surface area contributed by atoms with Crippen LogP contribution in [0.3, 0.4) is 0 Å². The number of ether oxygens (including phenoxy) is 2. The Morgan fingerprint density at radius 2 is 1.68 bits per heavy atom. The van der Waals surface area contributed by atoms with Gasteiger partial charge in [-0.3, -0.25) is 9.59 Å². The molecule has 3 rings (SSSR count). The van der Waals surface area contributed by atoms with E-state index >= 15 is 0 Å². The monoisotopic (exact) mass is 466 g/mol. The van der Waals surface area contributed by atoms with Gasteiger partial charge in [0.25, 0.3) is 0 Å². The Hall–Kier alpha value is -3.02. The quantitative estimate of drug-likeness (QED) is 0.512. The fourth-order valence-electron chi connectivity index (χ4n) is 4.67. The number of methoxy groups -OCH3 is 2. The van der Waals surface area contributed by atoms with Gasteiger partial charge in [-0.1, -0.05) is 62.6 Å². The molecular formula is C28H38N2O4. The molecule has 1 aliphatic rings. The standard InChI is InChI=1S/C28H38N2O4/c1-4-24(28(32)29-23-13-9-6-10-14-23)30(20-22-11-7-5-8-12-22)27(31)18-16-21-15-17-25(33-2)26(19-21)34-3/h5,7-8,11-12,15,17,19,23-24H,4,6,9-10,13-14,16,18,20H2,1-3H3,(H,29,32)/t24-/m1/s1. The third-order valence-electron chi connectivity index (χ3n) is 6.61. The van der Waals surface area contributed by atoms with Gasteiger partial charge in [0.1, 0.15) is 6.04 Å². The number of benzene rings is 2. The van der Waals surface area contributed by atoms with E-state index in [2.05, 4.69) is 5.32 Å². The maximum Gasteiger partial charge on any atom is 0.243 e. The zero-order valence-electron chi connectivity index (χ0n) is 20.7. The molecule has 0 aliphatic heterocycles. The van der Waals surface area contributed by atoms with Crippen LogP contribution >= 0.6 is 0 Å². The van der Waals surface area contributed by atoms with Crippen LogP contribution in [0.1, 0.15) is 63.0 Å². The molecule has 1 fully saturated rings. The van der Waals surface area contributed by atoms with Gasteiger partial charge >= 0.3 is 0 Å². The van der Waals surface area contributed by atoms with Crippen molar-refractivity contribution in [3.8, 4) is 11.5 Å². The summed E-state index contributed by atoms with van der Waals surface area (Å²) < 4.78 is 10.7. The fraction of sp³-hybridized carbons (Fsp3) is 0.500. The molecule has 6 heteroatoms. The predicted molar refractivity (Wildman–Crippen MR) is 134 cm³/mol. The van der Waals surface area contributed by atoms with Crippen molar-refractivity contribution in [2.24, 2.45) is 0 Å². The molecule has 6 nitrogen and oxygen atoms in total. The van der Waals surface area contributed by atoms with E-state index in [0.717, 1.165) is 36.8 Å². The molecule has 0 heterocycles. The minimum absolute atomic E-state index is 0.0238. The molecule has 0 radical (unpaired) electrons. The van der Waals surface area contributed by atoms with E-state index in [-0.39, 0.29) is 17.9 Å². The molecule has 1 atom stereocenters. The van der Waals surface area contributed by atoms with Crippen molar-refractivity contribution < 1.29 is 19.1 Å². The van der Waals surface area contributed by atoms with Crippen LogP contribution in [0.4, 0.5) is 0 Å². The van der Waals surface area contributed by atoms with Crippen molar-refractivity contribution in [1.82, 2.24) is 10.2 Å². The number of rotatable bonds is 11. The first-order chi connectivity index (χ1) is 16.5. The van der Waals surface area contributed by atoms with Crippen LogP contribution in [0.2, 0.25) is 0 Å². The van der Waals surface area contributed by atoms with Gasteiger partial charge < -0.3 is 19.7 Å². The molecule has 34 heavy (non-hydrogen) atoms. The second kappa shape index (κ2) is 13.0. The average molecular weight is 467 g/mol. The Bertz CT molecular complexity index is 925. The molecule has 1 N–H and O–H groups in total. The van der Waals surface area contributed by atoms with Crippen LogP contribution in [0.25, 0.3) is 0 Å². The molecular weight excluding hydrogens is 428 g/mol. The number of amides is 2. The number of hydrogen-bond donors (Lipinski definition) is 1. The number of carbonyl (C=O) groups is 2. The van der Waals surface area contributed by atoms with E-state index in [4.69, 9.17) is 9.47 Å². The summed E-state index contributed by atoms with van der Waals surface area (Å²) >= 11 is 0. The Balaban J connectivity index is 1.74. The summed E-state index contributed by atoms with van der Waals surface area (Å²) in [4.78, 5) is 28.5. The lowest BCUT2D eigenvalue weighted by molar-refractivity contribution is -0.141. The van der Waals surface area contributed by atoms with Crippen molar-refractivity contribution in [2.45, 2.75) is 76.9 Å². The summed E-state index contributed by atoms with van der Waals surface area (Å²) in [5, 5.41) is 3.23. The van der Waals surface area contributed by atoms with Crippen molar-refractivity contribution >= 4 is 11.8 Å². The number of hydrogen-bond acceptors (Lipinski definition) is 4. The fourth-order valence-corrected chi connectivity index (χ4v) is 4.67. The van der Waals surface area contributed by atoms with Crippen LogP contribution in [-0.2, 0) is 22.6 Å². The van der Waals surface area contributed by atoms with E-state index in [0.29, 0.717) is 37.3 Å². The summed E-state index contributed by atoms with van der Waals surface area (Å²) in [6.07, 6.45) is 7.04. The van der Waals surface area contributed by atoms with Crippen molar-refractivity contribution in [1.29, 1.82) is 0 Å². The minimum atomic E-state index is -0.486. The molecule has 0 spiro atoms. The molecule has 1 saturated carbocycles. The van der Waals surface area contributed by atoms with Crippen LogP contribution in [0.5, 0.6) is 11.5 Å². The summed E-state index contributed by atoms with van der Waals surface area (Å²) in [7, 11) is 3.21. The Morgan fingerprint density at radius 1 is 0.971 bits per heavy atom. The second-order valence-corrected chi connectivity index (χ2v) is 8.96. The van der Waals surface area contributed by atoms with Crippen LogP contribution in [0.15, 0.2) is 48.5 Å². The second-order valence-electron chi connectivity index (χ2n) is 8.96. The normalized spacial score (nSPS) is 14.8. The SMILES string of the molecule is CC[C@H](C(=O)NC1CCCCC1)N(Cc1ccccc1)C(=O)CCc1ccc(OC)c(OC)c1. The average Bonchev–Trinajstić information content (AvgIpc) is 2.88. The van der Waals surface area contributed by atoms with Gasteiger partial charge in [0, 0.05) is 19.0 Å². The topological polar surface area (TPSA) is 67.9 Å². The lowest BCUT2D eigenvalue weighted by atomic mass is 9.95. The zero-order valence-corrected chi connectivity index (χ0v) is 20.7. The molecule has 2 aromatic rings. The van der Waals surface area contributed by atoms with E-state index in [1.54, 1.807) is 19.1 Å². The zero-order chi connectivity index (χ0) is 24.3. The number of aryl methyl sites for hydroxylation is 1. The number of carbonyl (C=O) groups excluding carboxylic acids is 2. The lowest BCUT2D eigenvalue weighted by Crippen LogP contribution is -2.51. The molecule has 0 bridgehead atoms. The molecule has 184 valence electrons. The smallest absolute Gasteiger partial charge is 0.243 e. The first-order valence-electron chi connectivity index (χ1n) is 12.4. The largest absolute Gasteiger partial charge is 0.493 e. The van der Waals surface area contributed by atoms with E-state index in [9.17, 15) is 9.59 Å². The molecule has 0 aromatic heterocycles. The van der Waals surface area contributed by atoms with Gasteiger partial charge in [-0.15, -0.1) is 0 Å². The van der Waals surface area contributed by atoms with Crippen molar-refractivity contribution in [3.63, 3.8) is 0 Å². The Morgan fingerprint density at radius 3 is 2.32 bits per heavy atom. The van der Waals surface area contributed by atoms with E-state index < -0.39 is 6.04 Å². The Labute approximate surface area is 203 Å². The summed E-state index contributed by atoms with van der Waals surface area (Å²) in [5.74, 6) is 1.25. The third kappa shape index (κ3) is 6.99. The molecule has 2 aromatic carbocycles. The molecule has 0 unspecified atom stereocenters. The Kier molecular flexibility index (Phi) is 9.80. The lowest BCUT2D eigenvalue weighted by Gasteiger charge is -2.33. The molecule has 1 aliphatic carbocycles. The predicted octanol–water partition coefficient (Wildman–Crippen LogP) is 4.89. The highest BCUT2D eigenvalue weighted by molar-refractivity contribution is 5.88. The van der Waals surface area contributed by atoms with Crippen LogP contribution in [-0.4, -0.2) is 43.0 Å². The highest BCUT2D eigenvalue weighted by Gasteiger charge is 2.30.